The molecule has 0 heterocycles. The van der Waals surface area contributed by atoms with Crippen LogP contribution in [0.15, 0.2) is 22.7 Å². The van der Waals surface area contributed by atoms with E-state index in [1.807, 2.05) is 0 Å². The molecule has 0 aliphatic rings. The third-order valence-electron chi connectivity index (χ3n) is 2.39. The van der Waals surface area contributed by atoms with E-state index in [1.165, 1.54) is 6.07 Å². The second kappa shape index (κ2) is 8.90. The van der Waals surface area contributed by atoms with Crippen LogP contribution < -0.4 is 5.32 Å². The van der Waals surface area contributed by atoms with Crippen LogP contribution in [0.25, 0.3) is 0 Å². The first-order chi connectivity index (χ1) is 9.15. The molecule has 0 saturated carbocycles. The van der Waals surface area contributed by atoms with Crippen LogP contribution >= 0.6 is 15.9 Å². The number of methoxy groups -OCH3 is 1. The van der Waals surface area contributed by atoms with Crippen molar-refractivity contribution in [2.24, 2.45) is 0 Å². The smallest absolute Gasteiger partial charge is 0.255 e. The van der Waals surface area contributed by atoms with E-state index in [4.69, 9.17) is 9.47 Å². The average Bonchev–Trinajstić information content (AvgIpc) is 2.37. The van der Waals surface area contributed by atoms with Crippen molar-refractivity contribution in [3.63, 3.8) is 0 Å². The van der Waals surface area contributed by atoms with Crippen LogP contribution in [0.5, 0.6) is 5.75 Å². The number of phenolic OH excluding ortho intramolecular Hbond substituents is 1. The number of carbonyl (C=O) groups excluding carboxylic acids is 1. The number of hydrogen-bond acceptors (Lipinski definition) is 4. The number of carbonyl (C=O) groups is 1. The SMILES string of the molecule is COCCOCCCNC(=O)c1ccc(Br)cc1O. The number of halogens is 1. The minimum absolute atomic E-state index is 0.0387. The van der Waals surface area contributed by atoms with Crippen LogP contribution in [0.4, 0.5) is 0 Å². The lowest BCUT2D eigenvalue weighted by atomic mass is 10.2. The molecule has 0 aliphatic heterocycles. The van der Waals surface area contributed by atoms with Crippen LogP contribution in [-0.2, 0) is 9.47 Å². The molecule has 1 amide bonds. The number of hydrogen-bond donors (Lipinski definition) is 2. The quantitative estimate of drug-likeness (QED) is 0.714. The second-order valence-electron chi connectivity index (χ2n) is 3.88. The molecule has 0 unspecified atom stereocenters. The fourth-order valence-electron chi connectivity index (χ4n) is 1.41. The fraction of sp³-hybridized carbons (Fsp3) is 0.462. The van der Waals surface area contributed by atoms with Crippen molar-refractivity contribution in [1.29, 1.82) is 0 Å². The van der Waals surface area contributed by atoms with Crippen LogP contribution in [0.2, 0.25) is 0 Å². The van der Waals surface area contributed by atoms with Crippen LogP contribution in [0.1, 0.15) is 16.8 Å². The molecular formula is C13H18BrNO4. The first-order valence-corrected chi connectivity index (χ1v) is 6.78. The predicted octanol–water partition coefficient (Wildman–Crippen LogP) is 1.94. The van der Waals surface area contributed by atoms with Crippen molar-refractivity contribution in [1.82, 2.24) is 5.32 Å². The molecule has 106 valence electrons. The van der Waals surface area contributed by atoms with Crippen molar-refractivity contribution >= 4 is 21.8 Å². The summed E-state index contributed by atoms with van der Waals surface area (Å²) in [5, 5.41) is 12.4. The average molecular weight is 332 g/mol. The number of aromatic hydroxyl groups is 1. The Morgan fingerprint density at radius 2 is 2.16 bits per heavy atom. The molecule has 6 heteroatoms. The molecule has 0 aliphatic carbocycles. The maximum Gasteiger partial charge on any atom is 0.255 e. The molecule has 0 fully saturated rings. The normalized spacial score (nSPS) is 10.4. The molecular weight excluding hydrogens is 314 g/mol. The highest BCUT2D eigenvalue weighted by atomic mass is 79.9. The first kappa shape index (κ1) is 15.9. The van der Waals surface area contributed by atoms with Gasteiger partial charge in [0.05, 0.1) is 18.8 Å². The third kappa shape index (κ3) is 6.04. The second-order valence-corrected chi connectivity index (χ2v) is 4.79. The molecule has 0 spiro atoms. The first-order valence-electron chi connectivity index (χ1n) is 5.98. The van der Waals surface area contributed by atoms with Gasteiger partial charge in [-0.1, -0.05) is 15.9 Å². The molecule has 2 N–H and O–H groups in total. The number of ether oxygens (including phenoxy) is 2. The van der Waals surface area contributed by atoms with Gasteiger partial charge < -0.3 is 19.9 Å². The van der Waals surface area contributed by atoms with E-state index in [0.717, 1.165) is 4.47 Å². The van der Waals surface area contributed by atoms with Crippen molar-refractivity contribution in [3.05, 3.63) is 28.2 Å². The van der Waals surface area contributed by atoms with Gasteiger partial charge in [0.15, 0.2) is 0 Å². The summed E-state index contributed by atoms with van der Waals surface area (Å²) in [6, 6.07) is 4.77. The van der Waals surface area contributed by atoms with Gasteiger partial charge in [-0.2, -0.15) is 0 Å². The minimum Gasteiger partial charge on any atom is -0.507 e. The van der Waals surface area contributed by atoms with E-state index >= 15 is 0 Å². The van der Waals surface area contributed by atoms with Gasteiger partial charge in [0.2, 0.25) is 0 Å². The van der Waals surface area contributed by atoms with Gasteiger partial charge in [0, 0.05) is 24.7 Å². The number of amides is 1. The summed E-state index contributed by atoms with van der Waals surface area (Å²) in [7, 11) is 1.62. The molecule has 1 rings (SSSR count). The number of nitrogens with one attached hydrogen (secondary N) is 1. The van der Waals surface area contributed by atoms with E-state index in [-0.39, 0.29) is 17.2 Å². The number of phenols is 1. The van der Waals surface area contributed by atoms with E-state index in [1.54, 1.807) is 19.2 Å². The minimum atomic E-state index is -0.290. The summed E-state index contributed by atoms with van der Waals surface area (Å²) in [6.07, 6.45) is 0.715. The summed E-state index contributed by atoms with van der Waals surface area (Å²) >= 11 is 3.22. The Balaban J connectivity index is 2.24. The van der Waals surface area contributed by atoms with Gasteiger partial charge >= 0.3 is 0 Å². The van der Waals surface area contributed by atoms with Gasteiger partial charge in [0.25, 0.3) is 5.91 Å². The zero-order chi connectivity index (χ0) is 14.1. The molecule has 1 aromatic rings. The van der Waals surface area contributed by atoms with Gasteiger partial charge in [0.1, 0.15) is 5.75 Å². The van der Waals surface area contributed by atoms with Crippen LogP contribution in [-0.4, -0.2) is 44.5 Å². The van der Waals surface area contributed by atoms with Gasteiger partial charge in [-0.25, -0.2) is 0 Å². The highest BCUT2D eigenvalue weighted by molar-refractivity contribution is 9.10. The van der Waals surface area contributed by atoms with Gasteiger partial charge in [-0.05, 0) is 24.6 Å². The van der Waals surface area contributed by atoms with Crippen LogP contribution in [0, 0.1) is 0 Å². The topological polar surface area (TPSA) is 67.8 Å². The molecule has 5 nitrogen and oxygen atoms in total. The molecule has 0 saturated heterocycles. The Labute approximate surface area is 121 Å². The lowest BCUT2D eigenvalue weighted by molar-refractivity contribution is 0.0688. The Hall–Kier alpha value is -1.11. The van der Waals surface area contributed by atoms with E-state index in [0.29, 0.717) is 32.8 Å². The summed E-state index contributed by atoms with van der Waals surface area (Å²) in [6.45, 7) is 2.19. The Bertz CT molecular complexity index is 412. The van der Waals surface area contributed by atoms with Crippen molar-refractivity contribution in [2.75, 3.05) is 33.5 Å². The number of benzene rings is 1. The Morgan fingerprint density at radius 3 is 2.84 bits per heavy atom. The Morgan fingerprint density at radius 1 is 1.37 bits per heavy atom. The van der Waals surface area contributed by atoms with Crippen molar-refractivity contribution in [3.8, 4) is 5.75 Å². The highest BCUT2D eigenvalue weighted by Gasteiger charge is 2.10. The Kier molecular flexibility index (Phi) is 7.47. The highest BCUT2D eigenvalue weighted by Crippen LogP contribution is 2.21. The largest absolute Gasteiger partial charge is 0.507 e. The molecule has 1 aromatic carbocycles. The predicted molar refractivity (Wildman–Crippen MR) is 75.5 cm³/mol. The maximum atomic E-state index is 11.8. The monoisotopic (exact) mass is 331 g/mol. The zero-order valence-corrected chi connectivity index (χ0v) is 12.4. The maximum absolute atomic E-state index is 11.8. The van der Waals surface area contributed by atoms with Gasteiger partial charge in [-0.3, -0.25) is 4.79 Å². The van der Waals surface area contributed by atoms with E-state index in [2.05, 4.69) is 21.2 Å². The zero-order valence-electron chi connectivity index (χ0n) is 10.8. The summed E-state index contributed by atoms with van der Waals surface area (Å²) in [5.74, 6) is -0.329. The van der Waals surface area contributed by atoms with E-state index < -0.39 is 0 Å². The summed E-state index contributed by atoms with van der Waals surface area (Å²) in [5.41, 5.74) is 0.267. The third-order valence-corrected chi connectivity index (χ3v) is 2.88. The summed E-state index contributed by atoms with van der Waals surface area (Å²) < 4.78 is 10.8. The molecule has 0 aromatic heterocycles. The lowest BCUT2D eigenvalue weighted by Gasteiger charge is -2.07. The fourth-order valence-corrected chi connectivity index (χ4v) is 1.76. The standard InChI is InChI=1S/C13H18BrNO4/c1-18-7-8-19-6-2-5-15-13(17)11-4-3-10(14)9-12(11)16/h3-4,9,16H,2,5-8H2,1H3,(H,15,17). The lowest BCUT2D eigenvalue weighted by Crippen LogP contribution is -2.25. The van der Waals surface area contributed by atoms with E-state index in [9.17, 15) is 9.90 Å². The van der Waals surface area contributed by atoms with Gasteiger partial charge in [-0.15, -0.1) is 0 Å². The van der Waals surface area contributed by atoms with Crippen LogP contribution in [0.3, 0.4) is 0 Å². The van der Waals surface area contributed by atoms with Crippen molar-refractivity contribution in [2.45, 2.75) is 6.42 Å². The summed E-state index contributed by atoms with van der Waals surface area (Å²) in [4.78, 5) is 11.8. The molecule has 0 bridgehead atoms. The number of rotatable bonds is 8. The molecule has 0 atom stereocenters. The van der Waals surface area contributed by atoms with Crippen molar-refractivity contribution < 1.29 is 19.4 Å². The molecule has 19 heavy (non-hydrogen) atoms. The molecule has 0 radical (unpaired) electrons.